The summed E-state index contributed by atoms with van der Waals surface area (Å²) in [6.07, 6.45) is 2.55. The van der Waals surface area contributed by atoms with Gasteiger partial charge in [0.1, 0.15) is 5.75 Å². The van der Waals surface area contributed by atoms with Crippen molar-refractivity contribution >= 4 is 29.9 Å². The summed E-state index contributed by atoms with van der Waals surface area (Å²) in [7, 11) is 0. The van der Waals surface area contributed by atoms with Gasteiger partial charge in [0.15, 0.2) is 0 Å². The Morgan fingerprint density at radius 3 is 2.61 bits per heavy atom. The predicted octanol–water partition coefficient (Wildman–Crippen LogP) is 1.70. The van der Waals surface area contributed by atoms with Crippen molar-refractivity contribution in [3.8, 4) is 5.75 Å². The van der Waals surface area contributed by atoms with Crippen LogP contribution in [-0.2, 0) is 9.59 Å². The number of halogens is 1. The van der Waals surface area contributed by atoms with Crippen molar-refractivity contribution in [1.29, 1.82) is 0 Å². The van der Waals surface area contributed by atoms with Crippen LogP contribution in [0.4, 0.5) is 5.69 Å². The second-order valence-electron chi connectivity index (χ2n) is 5.28. The van der Waals surface area contributed by atoms with Crippen molar-refractivity contribution in [1.82, 2.24) is 10.6 Å². The molecule has 1 aliphatic heterocycles. The number of rotatable bonds is 7. The Hall–Kier alpha value is -1.79. The minimum atomic E-state index is -0.239. The van der Waals surface area contributed by atoms with Gasteiger partial charge in [0, 0.05) is 18.2 Å². The Morgan fingerprint density at radius 1 is 1.26 bits per heavy atom. The molecule has 23 heavy (non-hydrogen) atoms. The molecule has 0 aromatic heterocycles. The van der Waals surface area contributed by atoms with E-state index in [0.29, 0.717) is 18.7 Å². The third-order valence-corrected chi connectivity index (χ3v) is 3.49. The molecule has 6 nitrogen and oxygen atoms in total. The second kappa shape index (κ2) is 10.1. The standard InChI is InChI=1S/C16H23N3O3.ClH/c1-2-22-14-7-5-12(6-8-14)19-16(21)11-18-15(20)10-13-4-3-9-17-13;/h5-8,13,17H,2-4,9-11H2,1H3,(H,18,20)(H,19,21);1H. The van der Waals surface area contributed by atoms with Crippen LogP contribution in [0, 0.1) is 0 Å². The van der Waals surface area contributed by atoms with Gasteiger partial charge in [0.2, 0.25) is 11.8 Å². The van der Waals surface area contributed by atoms with Crippen molar-refractivity contribution < 1.29 is 14.3 Å². The fourth-order valence-corrected chi connectivity index (χ4v) is 2.41. The third kappa shape index (κ3) is 6.88. The first kappa shape index (κ1) is 19.3. The zero-order chi connectivity index (χ0) is 15.8. The van der Waals surface area contributed by atoms with Crippen LogP contribution in [0.15, 0.2) is 24.3 Å². The minimum Gasteiger partial charge on any atom is -0.494 e. The van der Waals surface area contributed by atoms with E-state index in [1.165, 1.54) is 0 Å². The molecule has 1 aromatic carbocycles. The highest BCUT2D eigenvalue weighted by atomic mass is 35.5. The van der Waals surface area contributed by atoms with Gasteiger partial charge in [0.05, 0.1) is 13.2 Å². The van der Waals surface area contributed by atoms with Crippen LogP contribution in [0.25, 0.3) is 0 Å². The Morgan fingerprint density at radius 2 is 2.00 bits per heavy atom. The van der Waals surface area contributed by atoms with Crippen molar-refractivity contribution in [2.45, 2.75) is 32.2 Å². The van der Waals surface area contributed by atoms with Gasteiger partial charge in [-0.15, -0.1) is 12.4 Å². The molecule has 0 aliphatic carbocycles. The van der Waals surface area contributed by atoms with E-state index in [1.807, 2.05) is 6.92 Å². The highest BCUT2D eigenvalue weighted by Crippen LogP contribution is 2.15. The normalized spacial score (nSPS) is 16.3. The number of anilines is 1. The van der Waals surface area contributed by atoms with Gasteiger partial charge in [-0.05, 0) is 50.6 Å². The number of amides is 2. The van der Waals surface area contributed by atoms with Crippen molar-refractivity contribution in [2.75, 3.05) is 25.0 Å². The van der Waals surface area contributed by atoms with Gasteiger partial charge in [-0.25, -0.2) is 0 Å². The van der Waals surface area contributed by atoms with Crippen LogP contribution >= 0.6 is 12.4 Å². The maximum atomic E-state index is 11.8. The Balaban J connectivity index is 0.00000264. The van der Waals surface area contributed by atoms with Gasteiger partial charge in [-0.3, -0.25) is 9.59 Å². The number of carbonyl (C=O) groups is 2. The average molecular weight is 342 g/mol. The van der Waals surface area contributed by atoms with E-state index < -0.39 is 0 Å². The highest BCUT2D eigenvalue weighted by molar-refractivity contribution is 5.94. The highest BCUT2D eigenvalue weighted by Gasteiger charge is 2.17. The summed E-state index contributed by atoms with van der Waals surface area (Å²) in [6, 6.07) is 7.38. The van der Waals surface area contributed by atoms with E-state index in [2.05, 4.69) is 16.0 Å². The molecule has 1 unspecified atom stereocenters. The SMILES string of the molecule is CCOc1ccc(NC(=O)CNC(=O)CC2CCCN2)cc1.Cl. The summed E-state index contributed by atoms with van der Waals surface area (Å²) in [6.45, 7) is 3.47. The monoisotopic (exact) mass is 341 g/mol. The fraction of sp³-hybridized carbons (Fsp3) is 0.500. The van der Waals surface area contributed by atoms with Crippen molar-refractivity contribution in [2.24, 2.45) is 0 Å². The zero-order valence-electron chi connectivity index (χ0n) is 13.3. The van der Waals surface area contributed by atoms with Crippen molar-refractivity contribution in [3.63, 3.8) is 0 Å². The van der Waals surface area contributed by atoms with E-state index in [-0.39, 0.29) is 36.8 Å². The lowest BCUT2D eigenvalue weighted by molar-refractivity contribution is -0.124. The smallest absolute Gasteiger partial charge is 0.243 e. The van der Waals surface area contributed by atoms with Crippen LogP contribution in [0.1, 0.15) is 26.2 Å². The molecular weight excluding hydrogens is 318 g/mol. The van der Waals surface area contributed by atoms with E-state index in [9.17, 15) is 9.59 Å². The summed E-state index contributed by atoms with van der Waals surface area (Å²) in [5.41, 5.74) is 0.681. The van der Waals surface area contributed by atoms with Gasteiger partial charge in [0.25, 0.3) is 0 Å². The molecule has 1 aromatic rings. The largest absolute Gasteiger partial charge is 0.494 e. The number of carbonyl (C=O) groups excluding carboxylic acids is 2. The predicted molar refractivity (Wildman–Crippen MR) is 92.1 cm³/mol. The molecule has 0 saturated carbocycles. The van der Waals surface area contributed by atoms with Gasteiger partial charge in [-0.2, -0.15) is 0 Å². The van der Waals surface area contributed by atoms with Crippen LogP contribution in [0.5, 0.6) is 5.75 Å². The molecule has 2 rings (SSSR count). The van der Waals surface area contributed by atoms with Crippen LogP contribution in [0.3, 0.4) is 0 Å². The van der Waals surface area contributed by atoms with E-state index in [0.717, 1.165) is 25.1 Å². The molecule has 0 radical (unpaired) electrons. The van der Waals surface area contributed by atoms with Crippen LogP contribution < -0.4 is 20.7 Å². The molecule has 1 heterocycles. The number of nitrogens with one attached hydrogen (secondary N) is 3. The summed E-state index contributed by atoms with van der Waals surface area (Å²) in [5.74, 6) is 0.427. The molecule has 1 saturated heterocycles. The molecule has 2 amide bonds. The molecule has 1 atom stereocenters. The molecule has 0 spiro atoms. The third-order valence-electron chi connectivity index (χ3n) is 3.49. The lowest BCUT2D eigenvalue weighted by atomic mass is 10.1. The van der Waals surface area contributed by atoms with Gasteiger partial charge < -0.3 is 20.7 Å². The molecule has 0 bridgehead atoms. The Bertz CT molecular complexity index is 502. The van der Waals surface area contributed by atoms with E-state index in [1.54, 1.807) is 24.3 Å². The molecular formula is C16H24ClN3O3. The minimum absolute atomic E-state index is 0. The molecule has 1 fully saturated rings. The fourth-order valence-electron chi connectivity index (χ4n) is 2.41. The maximum Gasteiger partial charge on any atom is 0.243 e. The zero-order valence-corrected chi connectivity index (χ0v) is 14.1. The first-order valence-electron chi connectivity index (χ1n) is 7.70. The van der Waals surface area contributed by atoms with Gasteiger partial charge >= 0.3 is 0 Å². The van der Waals surface area contributed by atoms with E-state index >= 15 is 0 Å². The topological polar surface area (TPSA) is 79.5 Å². The van der Waals surface area contributed by atoms with Crippen LogP contribution in [-0.4, -0.2) is 37.6 Å². The summed E-state index contributed by atoms with van der Waals surface area (Å²) < 4.78 is 5.33. The summed E-state index contributed by atoms with van der Waals surface area (Å²) in [5, 5.41) is 8.64. The number of ether oxygens (including phenoxy) is 1. The summed E-state index contributed by atoms with van der Waals surface area (Å²) >= 11 is 0. The lowest BCUT2D eigenvalue weighted by Gasteiger charge is -2.11. The average Bonchev–Trinajstić information content (AvgIpc) is 3.00. The Kier molecular flexibility index (Phi) is 8.43. The molecule has 3 N–H and O–H groups in total. The number of benzene rings is 1. The van der Waals surface area contributed by atoms with Crippen LogP contribution in [0.2, 0.25) is 0 Å². The number of hydrogen-bond donors (Lipinski definition) is 3. The first-order valence-corrected chi connectivity index (χ1v) is 7.70. The van der Waals surface area contributed by atoms with E-state index in [4.69, 9.17) is 4.74 Å². The molecule has 7 heteroatoms. The summed E-state index contributed by atoms with van der Waals surface area (Å²) in [4.78, 5) is 23.5. The second-order valence-corrected chi connectivity index (χ2v) is 5.28. The first-order chi connectivity index (χ1) is 10.7. The quantitative estimate of drug-likeness (QED) is 0.705. The molecule has 128 valence electrons. The van der Waals surface area contributed by atoms with Crippen molar-refractivity contribution in [3.05, 3.63) is 24.3 Å². The Labute approximate surface area is 142 Å². The lowest BCUT2D eigenvalue weighted by Crippen LogP contribution is -2.36. The maximum absolute atomic E-state index is 11.8. The number of hydrogen-bond acceptors (Lipinski definition) is 4. The molecule has 1 aliphatic rings. The van der Waals surface area contributed by atoms with Gasteiger partial charge in [-0.1, -0.05) is 0 Å².